The zero-order valence-corrected chi connectivity index (χ0v) is 10.6. The summed E-state index contributed by atoms with van der Waals surface area (Å²) in [6.07, 6.45) is 3.30. The highest BCUT2D eigenvalue weighted by Crippen LogP contribution is 2.35. The van der Waals surface area contributed by atoms with E-state index in [9.17, 15) is 9.59 Å². The molecule has 2 aliphatic rings. The van der Waals surface area contributed by atoms with Crippen molar-refractivity contribution in [3.8, 4) is 0 Å². The van der Waals surface area contributed by atoms with Crippen molar-refractivity contribution in [2.24, 2.45) is 17.8 Å². The van der Waals surface area contributed by atoms with Gasteiger partial charge >= 0.3 is 5.97 Å². The first-order valence-corrected chi connectivity index (χ1v) is 6.54. The van der Waals surface area contributed by atoms with Crippen LogP contribution in [0, 0.1) is 17.8 Å². The summed E-state index contributed by atoms with van der Waals surface area (Å²) < 4.78 is 0. The minimum absolute atomic E-state index is 0.0757. The highest BCUT2D eigenvalue weighted by Gasteiger charge is 2.42. The summed E-state index contributed by atoms with van der Waals surface area (Å²) in [7, 11) is 0. The minimum Gasteiger partial charge on any atom is -0.481 e. The Morgan fingerprint density at radius 3 is 2.35 bits per heavy atom. The number of likely N-dealkylation sites (tertiary alicyclic amines) is 1. The van der Waals surface area contributed by atoms with E-state index in [0.717, 1.165) is 25.8 Å². The molecule has 17 heavy (non-hydrogen) atoms. The molecule has 1 amide bonds. The van der Waals surface area contributed by atoms with Gasteiger partial charge in [-0.3, -0.25) is 9.59 Å². The molecule has 0 aromatic rings. The predicted molar refractivity (Wildman–Crippen MR) is 63.4 cm³/mol. The van der Waals surface area contributed by atoms with E-state index < -0.39 is 11.9 Å². The number of nitrogens with zero attached hydrogens (tertiary/aromatic N) is 1. The van der Waals surface area contributed by atoms with Crippen molar-refractivity contribution in [3.63, 3.8) is 0 Å². The number of hydrogen-bond acceptors (Lipinski definition) is 2. The second-order valence-electron chi connectivity index (χ2n) is 5.66. The Bertz CT molecular complexity index is 329. The van der Waals surface area contributed by atoms with Gasteiger partial charge in [-0.05, 0) is 32.1 Å². The summed E-state index contributed by atoms with van der Waals surface area (Å²) in [4.78, 5) is 25.4. The summed E-state index contributed by atoms with van der Waals surface area (Å²) in [6.45, 7) is 5.00. The van der Waals surface area contributed by atoms with Crippen LogP contribution in [0.1, 0.15) is 39.5 Å². The third-order valence-corrected chi connectivity index (χ3v) is 4.22. The van der Waals surface area contributed by atoms with E-state index in [1.165, 1.54) is 0 Å². The van der Waals surface area contributed by atoms with Crippen LogP contribution in [0.15, 0.2) is 0 Å². The Morgan fingerprint density at radius 2 is 1.82 bits per heavy atom. The Morgan fingerprint density at radius 1 is 1.18 bits per heavy atom. The fourth-order valence-corrected chi connectivity index (χ4v) is 3.37. The lowest BCUT2D eigenvalue weighted by Gasteiger charge is -2.26. The van der Waals surface area contributed by atoms with Gasteiger partial charge in [-0.2, -0.15) is 0 Å². The molecule has 4 nitrogen and oxygen atoms in total. The molecule has 2 unspecified atom stereocenters. The molecule has 1 aliphatic carbocycles. The van der Waals surface area contributed by atoms with Crippen LogP contribution in [-0.2, 0) is 9.59 Å². The van der Waals surface area contributed by atoms with Crippen molar-refractivity contribution in [3.05, 3.63) is 0 Å². The van der Waals surface area contributed by atoms with E-state index in [4.69, 9.17) is 5.11 Å². The van der Waals surface area contributed by atoms with Gasteiger partial charge in [-0.15, -0.1) is 0 Å². The lowest BCUT2D eigenvalue weighted by Crippen LogP contribution is -2.41. The first-order valence-electron chi connectivity index (χ1n) is 6.54. The Hall–Kier alpha value is -1.06. The summed E-state index contributed by atoms with van der Waals surface area (Å²) in [6, 6.07) is 0.271. The van der Waals surface area contributed by atoms with Crippen LogP contribution in [0.3, 0.4) is 0 Å². The van der Waals surface area contributed by atoms with Gasteiger partial charge in [0.1, 0.15) is 0 Å². The molecule has 0 aromatic carbocycles. The van der Waals surface area contributed by atoms with Crippen molar-refractivity contribution in [1.82, 2.24) is 4.90 Å². The Balaban J connectivity index is 2.07. The summed E-state index contributed by atoms with van der Waals surface area (Å²) in [5.74, 6) is -0.919. The zero-order valence-electron chi connectivity index (χ0n) is 10.6. The molecule has 2 rings (SSSR count). The molecule has 1 saturated carbocycles. The Kier molecular flexibility index (Phi) is 3.40. The van der Waals surface area contributed by atoms with E-state index in [-0.39, 0.29) is 17.9 Å². The average Bonchev–Trinajstić information content (AvgIpc) is 2.83. The minimum atomic E-state index is -0.805. The first-order chi connectivity index (χ1) is 8.00. The number of aliphatic carboxylic acids is 1. The van der Waals surface area contributed by atoms with Crippen molar-refractivity contribution < 1.29 is 14.7 Å². The fraction of sp³-hybridized carbons (Fsp3) is 0.846. The molecule has 1 saturated heterocycles. The molecular weight excluding hydrogens is 218 g/mol. The Labute approximate surface area is 102 Å². The van der Waals surface area contributed by atoms with E-state index in [2.05, 4.69) is 13.8 Å². The van der Waals surface area contributed by atoms with Crippen LogP contribution in [0.25, 0.3) is 0 Å². The molecule has 4 heteroatoms. The highest BCUT2D eigenvalue weighted by atomic mass is 16.4. The van der Waals surface area contributed by atoms with E-state index in [0.29, 0.717) is 12.3 Å². The van der Waals surface area contributed by atoms with Crippen LogP contribution in [0.4, 0.5) is 0 Å². The number of amides is 1. The van der Waals surface area contributed by atoms with Gasteiger partial charge in [0, 0.05) is 12.6 Å². The molecule has 4 atom stereocenters. The second kappa shape index (κ2) is 4.67. The van der Waals surface area contributed by atoms with Gasteiger partial charge < -0.3 is 10.0 Å². The van der Waals surface area contributed by atoms with Gasteiger partial charge in [-0.25, -0.2) is 0 Å². The second-order valence-corrected chi connectivity index (χ2v) is 5.66. The number of hydrogen-bond donors (Lipinski definition) is 1. The topological polar surface area (TPSA) is 57.6 Å². The van der Waals surface area contributed by atoms with Crippen LogP contribution in [-0.4, -0.2) is 34.5 Å². The smallest absolute Gasteiger partial charge is 0.307 e. The number of rotatable bonds is 2. The largest absolute Gasteiger partial charge is 0.481 e. The predicted octanol–water partition coefficient (Wildman–Crippen LogP) is 1.74. The monoisotopic (exact) mass is 239 g/mol. The van der Waals surface area contributed by atoms with Crippen LogP contribution >= 0.6 is 0 Å². The third kappa shape index (κ3) is 2.31. The van der Waals surface area contributed by atoms with Crippen molar-refractivity contribution in [2.75, 3.05) is 6.54 Å². The SMILES string of the molecule is CC1CC(C)N(C(=O)[C@@H]2CCC[C@@H]2C(=O)O)C1. The maximum absolute atomic E-state index is 12.4. The highest BCUT2D eigenvalue weighted by molar-refractivity contribution is 5.85. The number of carboxylic acids is 1. The average molecular weight is 239 g/mol. The van der Waals surface area contributed by atoms with Crippen LogP contribution in [0.5, 0.6) is 0 Å². The molecule has 0 aromatic heterocycles. The molecule has 0 spiro atoms. The number of carbonyl (C=O) groups is 2. The maximum atomic E-state index is 12.4. The summed E-state index contributed by atoms with van der Waals surface area (Å²) in [5.41, 5.74) is 0. The van der Waals surface area contributed by atoms with Gasteiger partial charge in [0.25, 0.3) is 0 Å². The van der Waals surface area contributed by atoms with E-state index in [1.54, 1.807) is 0 Å². The molecule has 2 fully saturated rings. The first kappa shape index (κ1) is 12.4. The lowest BCUT2D eigenvalue weighted by atomic mass is 9.94. The van der Waals surface area contributed by atoms with Gasteiger partial charge in [0.2, 0.25) is 5.91 Å². The van der Waals surface area contributed by atoms with E-state index in [1.807, 2.05) is 4.90 Å². The molecule has 1 N–H and O–H groups in total. The zero-order chi connectivity index (χ0) is 12.6. The molecule has 1 aliphatic heterocycles. The van der Waals surface area contributed by atoms with Crippen molar-refractivity contribution in [2.45, 2.75) is 45.6 Å². The molecular formula is C13H21NO3. The molecule has 0 radical (unpaired) electrons. The molecule has 0 bridgehead atoms. The summed E-state index contributed by atoms with van der Waals surface area (Å²) in [5, 5.41) is 9.12. The van der Waals surface area contributed by atoms with Gasteiger partial charge in [0.05, 0.1) is 11.8 Å². The lowest BCUT2D eigenvalue weighted by molar-refractivity contribution is -0.149. The molecule has 96 valence electrons. The van der Waals surface area contributed by atoms with Gasteiger partial charge in [0.15, 0.2) is 0 Å². The number of carboxylic acid groups (broad SMARTS) is 1. The van der Waals surface area contributed by atoms with Crippen molar-refractivity contribution >= 4 is 11.9 Å². The fourth-order valence-electron chi connectivity index (χ4n) is 3.37. The van der Waals surface area contributed by atoms with Gasteiger partial charge in [-0.1, -0.05) is 13.3 Å². The number of carbonyl (C=O) groups excluding carboxylic acids is 1. The van der Waals surface area contributed by atoms with E-state index >= 15 is 0 Å². The quantitative estimate of drug-likeness (QED) is 0.798. The van der Waals surface area contributed by atoms with Crippen LogP contribution < -0.4 is 0 Å². The van der Waals surface area contributed by atoms with Crippen LogP contribution in [0.2, 0.25) is 0 Å². The summed E-state index contributed by atoms with van der Waals surface area (Å²) >= 11 is 0. The standard InChI is InChI=1S/C13H21NO3/c1-8-6-9(2)14(7-8)12(15)10-4-3-5-11(10)13(16)17/h8-11H,3-7H2,1-2H3,(H,16,17)/t8?,9?,10-,11+/m1/s1. The molecule has 1 heterocycles. The third-order valence-electron chi connectivity index (χ3n) is 4.22. The normalized spacial score (nSPS) is 37.4. The van der Waals surface area contributed by atoms with Crippen molar-refractivity contribution in [1.29, 1.82) is 0 Å². The maximum Gasteiger partial charge on any atom is 0.307 e.